The quantitative estimate of drug-likeness (QED) is 0.759. The molecule has 0 aliphatic rings. The molecule has 4 nitrogen and oxygen atoms in total. The first-order valence-corrected chi connectivity index (χ1v) is 5.88. The number of rotatable bonds is 2. The van der Waals surface area contributed by atoms with E-state index in [-0.39, 0.29) is 5.75 Å². The number of hydrogen-bond donors (Lipinski definition) is 1. The van der Waals surface area contributed by atoms with Crippen LogP contribution >= 0.6 is 0 Å². The van der Waals surface area contributed by atoms with Crippen LogP contribution in [0.1, 0.15) is 5.56 Å². The van der Waals surface area contributed by atoms with Crippen molar-refractivity contribution in [1.82, 2.24) is 9.97 Å². The van der Waals surface area contributed by atoms with E-state index in [1.54, 1.807) is 30.7 Å². The van der Waals surface area contributed by atoms with Crippen molar-refractivity contribution in [3.05, 3.63) is 54.7 Å². The molecular weight excluding hydrogens is 240 g/mol. The molecule has 0 fully saturated rings. The molecule has 0 aliphatic carbocycles. The number of nitrogens with zero attached hydrogens (tertiary/aromatic N) is 2. The van der Waals surface area contributed by atoms with Gasteiger partial charge in [-0.2, -0.15) is 0 Å². The molecule has 0 atom stereocenters. The molecule has 1 aromatic carbocycles. The van der Waals surface area contributed by atoms with Crippen LogP contribution < -0.4 is 0 Å². The molecule has 0 radical (unpaired) electrons. The SMILES string of the molecule is Cc1cc(O)cc(-c2cncc(-c3ncco3)c2)c1. The monoisotopic (exact) mass is 252 g/mol. The molecule has 0 unspecified atom stereocenters. The second-order valence-electron chi connectivity index (χ2n) is 4.36. The summed E-state index contributed by atoms with van der Waals surface area (Å²) in [6.07, 6.45) is 6.58. The van der Waals surface area contributed by atoms with Crippen LogP contribution in [0.5, 0.6) is 5.75 Å². The second-order valence-corrected chi connectivity index (χ2v) is 4.36. The maximum absolute atomic E-state index is 9.66. The van der Waals surface area contributed by atoms with Gasteiger partial charge in [-0.25, -0.2) is 4.98 Å². The molecule has 0 aliphatic heterocycles. The van der Waals surface area contributed by atoms with Crippen LogP contribution in [0.3, 0.4) is 0 Å². The Morgan fingerprint density at radius 1 is 1.00 bits per heavy atom. The van der Waals surface area contributed by atoms with Crippen molar-refractivity contribution in [2.24, 2.45) is 0 Å². The number of phenols is 1. The minimum Gasteiger partial charge on any atom is -0.508 e. The number of aromatic nitrogens is 2. The van der Waals surface area contributed by atoms with Crippen LogP contribution in [0.15, 0.2) is 53.5 Å². The summed E-state index contributed by atoms with van der Waals surface area (Å²) in [4.78, 5) is 8.30. The standard InChI is InChI=1S/C15H12N2O2/c1-10-4-11(7-14(18)5-10)12-6-13(9-16-8-12)15-17-2-3-19-15/h2-9,18H,1H3. The van der Waals surface area contributed by atoms with Gasteiger partial charge in [-0.05, 0) is 36.2 Å². The van der Waals surface area contributed by atoms with Gasteiger partial charge in [0.2, 0.25) is 5.89 Å². The fraction of sp³-hybridized carbons (Fsp3) is 0.0667. The van der Waals surface area contributed by atoms with Crippen LogP contribution in [0.25, 0.3) is 22.6 Å². The second kappa shape index (κ2) is 4.57. The van der Waals surface area contributed by atoms with Crippen LogP contribution in [-0.4, -0.2) is 15.1 Å². The van der Waals surface area contributed by atoms with Crippen molar-refractivity contribution in [3.63, 3.8) is 0 Å². The van der Waals surface area contributed by atoms with Gasteiger partial charge in [0.1, 0.15) is 12.0 Å². The molecule has 94 valence electrons. The molecule has 1 N–H and O–H groups in total. The number of oxazole rings is 1. The molecule has 2 aromatic heterocycles. The van der Waals surface area contributed by atoms with Gasteiger partial charge in [-0.1, -0.05) is 6.07 Å². The van der Waals surface area contributed by atoms with Crippen molar-refractivity contribution in [2.45, 2.75) is 6.92 Å². The summed E-state index contributed by atoms with van der Waals surface area (Å²) in [5, 5.41) is 9.66. The summed E-state index contributed by atoms with van der Waals surface area (Å²) in [5.74, 6) is 0.780. The molecule has 19 heavy (non-hydrogen) atoms. The van der Waals surface area contributed by atoms with Gasteiger partial charge in [-0.3, -0.25) is 4.98 Å². The summed E-state index contributed by atoms with van der Waals surface area (Å²) < 4.78 is 5.26. The Bertz CT molecular complexity index is 686. The van der Waals surface area contributed by atoms with Gasteiger partial charge in [0, 0.05) is 18.0 Å². The van der Waals surface area contributed by atoms with Crippen LogP contribution in [0, 0.1) is 6.92 Å². The van der Waals surface area contributed by atoms with Crippen molar-refractivity contribution in [3.8, 4) is 28.3 Å². The highest BCUT2D eigenvalue weighted by atomic mass is 16.3. The number of pyridine rings is 1. The number of aromatic hydroxyl groups is 1. The summed E-state index contributed by atoms with van der Waals surface area (Å²) in [7, 11) is 0. The lowest BCUT2D eigenvalue weighted by Gasteiger charge is -2.05. The zero-order valence-corrected chi connectivity index (χ0v) is 10.4. The highest BCUT2D eigenvalue weighted by Crippen LogP contribution is 2.27. The molecule has 3 rings (SSSR count). The Morgan fingerprint density at radius 3 is 2.58 bits per heavy atom. The molecule has 0 bridgehead atoms. The number of aryl methyl sites for hydroxylation is 1. The fourth-order valence-electron chi connectivity index (χ4n) is 2.01. The topological polar surface area (TPSA) is 59.2 Å². The summed E-state index contributed by atoms with van der Waals surface area (Å²) >= 11 is 0. The lowest BCUT2D eigenvalue weighted by Crippen LogP contribution is -1.85. The molecule has 0 spiro atoms. The Balaban J connectivity index is 2.08. The van der Waals surface area contributed by atoms with Gasteiger partial charge in [0.25, 0.3) is 0 Å². The summed E-state index contributed by atoms with van der Waals surface area (Å²) in [5.41, 5.74) is 3.63. The van der Waals surface area contributed by atoms with Crippen molar-refractivity contribution in [1.29, 1.82) is 0 Å². The smallest absolute Gasteiger partial charge is 0.227 e. The highest BCUT2D eigenvalue weighted by Gasteiger charge is 2.06. The Labute approximate surface area is 110 Å². The molecule has 3 aromatic rings. The molecule has 0 saturated carbocycles. The summed E-state index contributed by atoms with van der Waals surface area (Å²) in [6, 6.07) is 7.36. The fourth-order valence-corrected chi connectivity index (χ4v) is 2.01. The van der Waals surface area contributed by atoms with Crippen molar-refractivity contribution >= 4 is 0 Å². The predicted octanol–water partition coefficient (Wildman–Crippen LogP) is 3.42. The molecule has 0 amide bonds. The summed E-state index contributed by atoms with van der Waals surface area (Å²) in [6.45, 7) is 1.94. The van der Waals surface area contributed by atoms with Crippen LogP contribution in [0.2, 0.25) is 0 Å². The highest BCUT2D eigenvalue weighted by molar-refractivity contribution is 5.69. The average Bonchev–Trinajstić information content (AvgIpc) is 2.92. The van der Waals surface area contributed by atoms with E-state index >= 15 is 0 Å². The van der Waals surface area contributed by atoms with E-state index in [9.17, 15) is 5.11 Å². The zero-order chi connectivity index (χ0) is 13.2. The van der Waals surface area contributed by atoms with E-state index in [1.807, 2.05) is 19.1 Å². The van der Waals surface area contributed by atoms with Crippen LogP contribution in [-0.2, 0) is 0 Å². The van der Waals surface area contributed by atoms with E-state index in [1.165, 1.54) is 6.26 Å². The number of phenolic OH excluding ortho intramolecular Hbond substituents is 1. The molecule has 0 saturated heterocycles. The number of benzene rings is 1. The van der Waals surface area contributed by atoms with Gasteiger partial charge < -0.3 is 9.52 Å². The average molecular weight is 252 g/mol. The third kappa shape index (κ3) is 2.33. The van der Waals surface area contributed by atoms with Gasteiger partial charge >= 0.3 is 0 Å². The Hall–Kier alpha value is -2.62. The van der Waals surface area contributed by atoms with E-state index in [4.69, 9.17) is 4.42 Å². The predicted molar refractivity (Wildman–Crippen MR) is 71.6 cm³/mol. The maximum Gasteiger partial charge on any atom is 0.227 e. The third-order valence-electron chi connectivity index (χ3n) is 2.81. The first-order chi connectivity index (χ1) is 9.22. The zero-order valence-electron chi connectivity index (χ0n) is 10.4. The lowest BCUT2D eigenvalue weighted by atomic mass is 10.0. The Kier molecular flexibility index (Phi) is 2.76. The normalized spacial score (nSPS) is 10.6. The minimum atomic E-state index is 0.247. The van der Waals surface area contributed by atoms with E-state index < -0.39 is 0 Å². The van der Waals surface area contributed by atoms with Gasteiger partial charge in [0.05, 0.1) is 11.8 Å². The molecular formula is C15H12N2O2. The van der Waals surface area contributed by atoms with E-state index in [0.717, 1.165) is 22.3 Å². The first kappa shape index (κ1) is 11.5. The van der Waals surface area contributed by atoms with Crippen molar-refractivity contribution < 1.29 is 9.52 Å². The maximum atomic E-state index is 9.66. The first-order valence-electron chi connectivity index (χ1n) is 5.88. The molecule has 4 heteroatoms. The molecule has 2 heterocycles. The largest absolute Gasteiger partial charge is 0.508 e. The third-order valence-corrected chi connectivity index (χ3v) is 2.81. The lowest BCUT2D eigenvalue weighted by molar-refractivity contribution is 0.475. The van der Waals surface area contributed by atoms with Gasteiger partial charge in [0.15, 0.2) is 0 Å². The Morgan fingerprint density at radius 2 is 1.84 bits per heavy atom. The number of hydrogen-bond acceptors (Lipinski definition) is 4. The van der Waals surface area contributed by atoms with E-state index in [2.05, 4.69) is 9.97 Å². The van der Waals surface area contributed by atoms with Crippen LogP contribution in [0.4, 0.5) is 0 Å². The van der Waals surface area contributed by atoms with Crippen molar-refractivity contribution in [2.75, 3.05) is 0 Å². The minimum absolute atomic E-state index is 0.247. The van der Waals surface area contributed by atoms with E-state index in [0.29, 0.717) is 5.89 Å². The van der Waals surface area contributed by atoms with Gasteiger partial charge in [-0.15, -0.1) is 0 Å².